The highest BCUT2D eigenvalue weighted by Gasteiger charge is 2.21. The highest BCUT2D eigenvalue weighted by molar-refractivity contribution is 7.99. The van der Waals surface area contributed by atoms with E-state index in [9.17, 15) is 13.2 Å². The highest BCUT2D eigenvalue weighted by atomic mass is 32.2. The van der Waals surface area contributed by atoms with E-state index in [2.05, 4.69) is 15.5 Å². The third-order valence-electron chi connectivity index (χ3n) is 4.52. The average Bonchev–Trinajstić information content (AvgIpc) is 3.10. The van der Waals surface area contributed by atoms with Gasteiger partial charge in [-0.15, -0.1) is 10.2 Å². The molecule has 0 atom stereocenters. The van der Waals surface area contributed by atoms with Crippen LogP contribution in [0.25, 0.3) is 0 Å². The van der Waals surface area contributed by atoms with E-state index in [0.29, 0.717) is 17.5 Å². The second kappa shape index (κ2) is 9.44. The number of hydrogen-bond acceptors (Lipinski definition) is 6. The number of nitrogens with one attached hydrogen (secondary N) is 1. The molecule has 9 heteroatoms. The van der Waals surface area contributed by atoms with Crippen molar-refractivity contribution in [2.24, 2.45) is 0 Å². The Morgan fingerprint density at radius 1 is 1.10 bits per heavy atom. The van der Waals surface area contributed by atoms with Crippen LogP contribution < -0.4 is 5.32 Å². The van der Waals surface area contributed by atoms with E-state index in [1.54, 1.807) is 34.9 Å². The van der Waals surface area contributed by atoms with Crippen LogP contribution >= 0.6 is 11.8 Å². The van der Waals surface area contributed by atoms with E-state index in [0.717, 1.165) is 16.8 Å². The summed E-state index contributed by atoms with van der Waals surface area (Å²) in [6, 6.07) is 14.1. The smallest absolute Gasteiger partial charge is 0.234 e. The number of carbonyl (C=O) groups is 1. The number of aryl methyl sites for hydroxylation is 2. The fraction of sp³-hybridized carbons (Fsp3) is 0.286. The Morgan fingerprint density at radius 3 is 2.50 bits per heavy atom. The number of amides is 1. The van der Waals surface area contributed by atoms with Crippen LogP contribution in [0, 0.1) is 13.8 Å². The first kappa shape index (κ1) is 22.0. The van der Waals surface area contributed by atoms with Gasteiger partial charge >= 0.3 is 0 Å². The molecule has 30 heavy (non-hydrogen) atoms. The third-order valence-corrected chi connectivity index (χ3v) is 7.11. The molecule has 1 aromatic heterocycles. The number of rotatable bonds is 8. The topological polar surface area (TPSA) is 93.9 Å². The van der Waals surface area contributed by atoms with Crippen LogP contribution in [-0.4, -0.2) is 34.8 Å². The van der Waals surface area contributed by atoms with Gasteiger partial charge in [0.2, 0.25) is 5.91 Å². The fourth-order valence-corrected chi connectivity index (χ4v) is 5.11. The minimum absolute atomic E-state index is 0.150. The Morgan fingerprint density at radius 2 is 1.83 bits per heavy atom. The second-order valence-electron chi connectivity index (χ2n) is 6.87. The van der Waals surface area contributed by atoms with Gasteiger partial charge in [-0.05, 0) is 44.5 Å². The minimum atomic E-state index is -3.52. The molecule has 0 saturated carbocycles. The van der Waals surface area contributed by atoms with Gasteiger partial charge in [0, 0.05) is 12.2 Å². The lowest BCUT2D eigenvalue weighted by molar-refractivity contribution is -0.113. The lowest BCUT2D eigenvalue weighted by Gasteiger charge is -2.10. The number of aromatic nitrogens is 3. The molecule has 3 aromatic rings. The molecule has 2 aromatic carbocycles. The number of benzene rings is 2. The van der Waals surface area contributed by atoms with E-state index < -0.39 is 9.84 Å². The van der Waals surface area contributed by atoms with Gasteiger partial charge in [-0.25, -0.2) is 8.42 Å². The van der Waals surface area contributed by atoms with Crippen molar-refractivity contribution in [1.82, 2.24) is 14.8 Å². The maximum Gasteiger partial charge on any atom is 0.234 e. The minimum Gasteiger partial charge on any atom is -0.325 e. The van der Waals surface area contributed by atoms with Gasteiger partial charge in [0.05, 0.1) is 10.6 Å². The largest absolute Gasteiger partial charge is 0.325 e. The van der Waals surface area contributed by atoms with E-state index in [1.807, 2.05) is 39.0 Å². The van der Waals surface area contributed by atoms with Crippen molar-refractivity contribution in [1.29, 1.82) is 0 Å². The first-order valence-corrected chi connectivity index (χ1v) is 12.1. The van der Waals surface area contributed by atoms with Gasteiger partial charge in [-0.2, -0.15) is 0 Å². The highest BCUT2D eigenvalue weighted by Crippen LogP contribution is 2.22. The summed E-state index contributed by atoms with van der Waals surface area (Å²) in [4.78, 5) is 12.6. The molecule has 1 amide bonds. The first-order valence-electron chi connectivity index (χ1n) is 9.50. The van der Waals surface area contributed by atoms with Crippen molar-refractivity contribution < 1.29 is 13.2 Å². The van der Waals surface area contributed by atoms with Crippen molar-refractivity contribution in [3.05, 3.63) is 65.5 Å². The summed E-state index contributed by atoms with van der Waals surface area (Å²) in [5, 5.41) is 11.6. The van der Waals surface area contributed by atoms with Crippen LogP contribution in [0.15, 0.2) is 58.6 Å². The van der Waals surface area contributed by atoms with Gasteiger partial charge in [0.15, 0.2) is 15.0 Å². The Labute approximate surface area is 180 Å². The Bertz CT molecular complexity index is 1140. The molecule has 0 radical (unpaired) electrons. The average molecular weight is 445 g/mol. The van der Waals surface area contributed by atoms with Crippen molar-refractivity contribution in [3.63, 3.8) is 0 Å². The molecule has 0 spiro atoms. The molecule has 0 saturated heterocycles. The molecule has 1 N–H and O–H groups in total. The number of hydrogen-bond donors (Lipinski definition) is 1. The predicted octanol–water partition coefficient (Wildman–Crippen LogP) is 3.62. The molecule has 1 heterocycles. The molecule has 0 aliphatic heterocycles. The molecule has 3 rings (SSSR count). The molecule has 0 fully saturated rings. The van der Waals surface area contributed by atoms with Crippen molar-refractivity contribution >= 4 is 33.2 Å². The van der Waals surface area contributed by atoms with Gasteiger partial charge in [0.1, 0.15) is 11.6 Å². The summed E-state index contributed by atoms with van der Waals surface area (Å²) in [6.45, 7) is 6.35. The number of carbonyl (C=O) groups excluding carboxylic acids is 1. The molecule has 7 nitrogen and oxygen atoms in total. The Balaban J connectivity index is 1.67. The zero-order chi connectivity index (χ0) is 21.7. The number of nitrogens with zero attached hydrogens (tertiary/aromatic N) is 3. The van der Waals surface area contributed by atoms with Crippen LogP contribution in [0.3, 0.4) is 0 Å². The molecule has 0 aliphatic rings. The summed E-state index contributed by atoms with van der Waals surface area (Å²) in [6.07, 6.45) is 0. The third kappa shape index (κ3) is 5.28. The second-order valence-corrected chi connectivity index (χ2v) is 9.80. The normalized spacial score (nSPS) is 11.4. The van der Waals surface area contributed by atoms with Gasteiger partial charge in [0.25, 0.3) is 0 Å². The summed E-state index contributed by atoms with van der Waals surface area (Å²) >= 11 is 1.23. The maximum absolute atomic E-state index is 12.7. The predicted molar refractivity (Wildman–Crippen MR) is 118 cm³/mol. The maximum atomic E-state index is 12.7. The monoisotopic (exact) mass is 444 g/mol. The van der Waals surface area contributed by atoms with Gasteiger partial charge < -0.3 is 9.88 Å². The number of thioether (sulfide) groups is 1. The van der Waals surface area contributed by atoms with Crippen LogP contribution in [-0.2, 0) is 26.9 Å². The molecule has 0 aliphatic carbocycles. The number of anilines is 1. The SMILES string of the molecule is CCn1c(CS(=O)(=O)c2ccccc2)nnc1SCC(=O)Nc1ccc(C)cc1C. The molecule has 158 valence electrons. The molecule has 0 unspecified atom stereocenters. The van der Waals surface area contributed by atoms with E-state index in [-0.39, 0.29) is 22.3 Å². The lowest BCUT2D eigenvalue weighted by Crippen LogP contribution is -2.16. The molecular weight excluding hydrogens is 420 g/mol. The summed E-state index contributed by atoms with van der Waals surface area (Å²) in [5.41, 5.74) is 2.91. The fourth-order valence-electron chi connectivity index (χ4n) is 3.00. The zero-order valence-corrected chi connectivity index (χ0v) is 18.8. The summed E-state index contributed by atoms with van der Waals surface area (Å²) in [5.74, 6) is 0.110. The lowest BCUT2D eigenvalue weighted by atomic mass is 10.1. The molecular formula is C21H24N4O3S2. The Hall–Kier alpha value is -2.65. The van der Waals surface area contributed by atoms with E-state index in [4.69, 9.17) is 0 Å². The van der Waals surface area contributed by atoms with Crippen molar-refractivity contribution in [2.45, 2.75) is 43.1 Å². The Kier molecular flexibility index (Phi) is 6.94. The summed E-state index contributed by atoms with van der Waals surface area (Å²) < 4.78 is 27.0. The standard InChI is InChI=1S/C21H24N4O3S2/c1-4-25-19(14-30(27,28)17-8-6-5-7-9-17)23-24-21(25)29-13-20(26)22-18-11-10-15(2)12-16(18)3/h5-12H,4,13-14H2,1-3H3,(H,22,26). The van der Waals surface area contributed by atoms with Crippen molar-refractivity contribution in [3.8, 4) is 0 Å². The molecule has 0 bridgehead atoms. The van der Waals surface area contributed by atoms with Crippen LogP contribution in [0.1, 0.15) is 23.9 Å². The first-order chi connectivity index (χ1) is 14.3. The van der Waals surface area contributed by atoms with Crippen LogP contribution in [0.4, 0.5) is 5.69 Å². The van der Waals surface area contributed by atoms with Gasteiger partial charge in [-0.1, -0.05) is 47.7 Å². The number of sulfone groups is 1. The zero-order valence-electron chi connectivity index (χ0n) is 17.1. The quantitative estimate of drug-likeness (QED) is 0.533. The summed E-state index contributed by atoms with van der Waals surface area (Å²) in [7, 11) is -3.52. The van der Waals surface area contributed by atoms with E-state index >= 15 is 0 Å². The van der Waals surface area contributed by atoms with Crippen LogP contribution in [0.5, 0.6) is 0 Å². The van der Waals surface area contributed by atoms with Crippen molar-refractivity contribution in [2.75, 3.05) is 11.1 Å². The van der Waals surface area contributed by atoms with E-state index in [1.165, 1.54) is 11.8 Å². The van der Waals surface area contributed by atoms with Gasteiger partial charge in [-0.3, -0.25) is 4.79 Å². The van der Waals surface area contributed by atoms with Crippen LogP contribution in [0.2, 0.25) is 0 Å².